The fraction of sp³-hybridized carbons (Fsp3) is 0.185. The molecule has 3 aromatic carbocycles. The molecule has 0 saturated carbocycles. The SMILES string of the molecule is COc1ccc([C@H]2CC(c3ccccc3)=NN2C(=O)CCC(=O)Nc2ccc(-n3cnnn3)cc2)cc1. The molecule has 2 heterocycles. The van der Waals surface area contributed by atoms with Crippen molar-refractivity contribution >= 4 is 23.2 Å². The average molecular weight is 496 g/mol. The predicted octanol–water partition coefficient (Wildman–Crippen LogP) is 3.77. The Morgan fingerprint density at radius 2 is 1.73 bits per heavy atom. The Morgan fingerprint density at radius 3 is 2.41 bits per heavy atom. The molecule has 10 nitrogen and oxygen atoms in total. The first-order valence-electron chi connectivity index (χ1n) is 11.8. The lowest BCUT2D eigenvalue weighted by Crippen LogP contribution is -2.28. The van der Waals surface area contributed by atoms with E-state index in [1.807, 2.05) is 54.6 Å². The van der Waals surface area contributed by atoms with Gasteiger partial charge in [-0.15, -0.1) is 5.10 Å². The van der Waals surface area contributed by atoms with E-state index in [2.05, 4.69) is 25.9 Å². The molecule has 0 aliphatic carbocycles. The minimum atomic E-state index is -0.254. The number of methoxy groups -OCH3 is 1. The molecule has 1 N–H and O–H groups in total. The summed E-state index contributed by atoms with van der Waals surface area (Å²) in [6.07, 6.45) is 2.15. The lowest BCUT2D eigenvalue weighted by atomic mass is 9.98. The molecule has 1 atom stereocenters. The number of ether oxygens (including phenoxy) is 1. The van der Waals surface area contributed by atoms with Crippen LogP contribution in [0.15, 0.2) is 90.3 Å². The maximum absolute atomic E-state index is 13.3. The molecule has 4 aromatic rings. The molecular weight excluding hydrogens is 470 g/mol. The number of benzene rings is 3. The van der Waals surface area contributed by atoms with Gasteiger partial charge in [-0.05, 0) is 58.0 Å². The summed E-state index contributed by atoms with van der Waals surface area (Å²) in [5, 5.41) is 20.1. The van der Waals surface area contributed by atoms with Crippen LogP contribution < -0.4 is 10.1 Å². The lowest BCUT2D eigenvalue weighted by molar-refractivity contribution is -0.134. The third kappa shape index (κ3) is 5.53. The molecule has 10 heteroatoms. The molecule has 0 unspecified atom stereocenters. The predicted molar refractivity (Wildman–Crippen MR) is 137 cm³/mol. The molecule has 1 aliphatic heterocycles. The molecule has 37 heavy (non-hydrogen) atoms. The van der Waals surface area contributed by atoms with Crippen LogP contribution >= 0.6 is 0 Å². The largest absolute Gasteiger partial charge is 0.497 e. The number of hydrogen-bond acceptors (Lipinski definition) is 7. The molecule has 0 spiro atoms. The number of rotatable bonds is 8. The first-order chi connectivity index (χ1) is 18.1. The third-order valence-corrected chi connectivity index (χ3v) is 6.10. The third-order valence-electron chi connectivity index (χ3n) is 6.10. The topological polar surface area (TPSA) is 115 Å². The molecule has 5 rings (SSSR count). The van der Waals surface area contributed by atoms with Crippen LogP contribution in [0.2, 0.25) is 0 Å². The monoisotopic (exact) mass is 495 g/mol. The van der Waals surface area contributed by atoms with Crippen LogP contribution in [-0.2, 0) is 9.59 Å². The Hall–Kier alpha value is -4.86. The normalized spacial score (nSPS) is 14.8. The number of carbonyl (C=O) groups is 2. The van der Waals surface area contributed by atoms with Gasteiger partial charge in [0.25, 0.3) is 0 Å². The van der Waals surface area contributed by atoms with E-state index in [1.54, 1.807) is 31.4 Å². The van der Waals surface area contributed by atoms with Gasteiger partial charge in [-0.2, -0.15) is 5.10 Å². The van der Waals surface area contributed by atoms with Crippen molar-refractivity contribution in [2.24, 2.45) is 5.10 Å². The van der Waals surface area contributed by atoms with Gasteiger partial charge in [0.1, 0.15) is 12.1 Å². The highest BCUT2D eigenvalue weighted by atomic mass is 16.5. The van der Waals surface area contributed by atoms with Gasteiger partial charge in [0.05, 0.1) is 24.6 Å². The number of hydrazone groups is 1. The number of aromatic nitrogens is 4. The van der Waals surface area contributed by atoms with E-state index in [1.165, 1.54) is 16.0 Å². The van der Waals surface area contributed by atoms with Gasteiger partial charge in [-0.3, -0.25) is 9.59 Å². The summed E-state index contributed by atoms with van der Waals surface area (Å²) in [5.74, 6) is 0.276. The van der Waals surface area contributed by atoms with Crippen molar-refractivity contribution in [1.29, 1.82) is 0 Å². The number of anilines is 1. The minimum Gasteiger partial charge on any atom is -0.497 e. The highest BCUT2D eigenvalue weighted by molar-refractivity contribution is 6.03. The molecular formula is C27H25N7O3. The minimum absolute atomic E-state index is 0.0345. The number of nitrogens with one attached hydrogen (secondary N) is 1. The van der Waals surface area contributed by atoms with Crippen LogP contribution in [0.5, 0.6) is 5.75 Å². The Bertz CT molecular complexity index is 1390. The zero-order valence-corrected chi connectivity index (χ0v) is 20.2. The quantitative estimate of drug-likeness (QED) is 0.398. The van der Waals surface area contributed by atoms with Crippen molar-refractivity contribution in [3.05, 3.63) is 96.3 Å². The van der Waals surface area contributed by atoms with Crippen LogP contribution in [0, 0.1) is 0 Å². The fourth-order valence-corrected chi connectivity index (χ4v) is 4.17. The summed E-state index contributed by atoms with van der Waals surface area (Å²) >= 11 is 0. The molecule has 1 aliphatic rings. The second-order valence-electron chi connectivity index (χ2n) is 8.49. The van der Waals surface area contributed by atoms with Gasteiger partial charge in [-0.25, -0.2) is 9.69 Å². The molecule has 2 amide bonds. The maximum Gasteiger partial charge on any atom is 0.243 e. The zero-order chi connectivity index (χ0) is 25.6. The Labute approximate surface area is 213 Å². The van der Waals surface area contributed by atoms with Gasteiger partial charge in [0.15, 0.2) is 0 Å². The summed E-state index contributed by atoms with van der Waals surface area (Å²) in [6.45, 7) is 0. The zero-order valence-electron chi connectivity index (χ0n) is 20.2. The number of tetrazole rings is 1. The van der Waals surface area contributed by atoms with Crippen molar-refractivity contribution < 1.29 is 14.3 Å². The summed E-state index contributed by atoms with van der Waals surface area (Å²) in [6, 6.07) is 24.3. The summed E-state index contributed by atoms with van der Waals surface area (Å²) < 4.78 is 6.79. The standard InChI is InChI=1S/C27H25N7O3/c1-37-23-13-7-20(8-14-23)25-17-24(19-5-3-2-4-6-19)30-34(25)27(36)16-15-26(35)29-21-9-11-22(12-10-21)33-18-28-31-32-33/h2-14,18,25H,15-17H2,1H3,(H,29,35)/t25-/m1/s1. The smallest absolute Gasteiger partial charge is 0.243 e. The van der Waals surface area contributed by atoms with Crippen molar-refractivity contribution in [2.45, 2.75) is 25.3 Å². The van der Waals surface area contributed by atoms with Crippen LogP contribution in [0.3, 0.4) is 0 Å². The average Bonchev–Trinajstić information content (AvgIpc) is 3.64. The number of nitrogens with zero attached hydrogens (tertiary/aromatic N) is 6. The van der Waals surface area contributed by atoms with E-state index in [0.29, 0.717) is 12.1 Å². The van der Waals surface area contributed by atoms with Gasteiger partial charge in [0, 0.05) is 24.9 Å². The van der Waals surface area contributed by atoms with E-state index in [9.17, 15) is 9.59 Å². The first-order valence-corrected chi connectivity index (χ1v) is 11.8. The molecule has 0 bridgehead atoms. The maximum atomic E-state index is 13.3. The number of carbonyl (C=O) groups excluding carboxylic acids is 2. The second-order valence-corrected chi connectivity index (χ2v) is 8.49. The van der Waals surface area contributed by atoms with Crippen molar-refractivity contribution in [1.82, 2.24) is 25.2 Å². The van der Waals surface area contributed by atoms with Crippen molar-refractivity contribution in [3.8, 4) is 11.4 Å². The highest BCUT2D eigenvalue weighted by Gasteiger charge is 2.33. The van der Waals surface area contributed by atoms with Gasteiger partial charge < -0.3 is 10.1 Å². The van der Waals surface area contributed by atoms with Crippen LogP contribution in [0.4, 0.5) is 5.69 Å². The first kappa shape index (κ1) is 23.9. The Balaban J connectivity index is 1.25. The van der Waals surface area contributed by atoms with Crippen LogP contribution in [-0.4, -0.2) is 49.9 Å². The lowest BCUT2D eigenvalue weighted by Gasteiger charge is -2.22. The highest BCUT2D eigenvalue weighted by Crippen LogP contribution is 2.34. The van der Waals surface area contributed by atoms with Gasteiger partial charge in [-0.1, -0.05) is 42.5 Å². The molecule has 0 fully saturated rings. The summed E-state index contributed by atoms with van der Waals surface area (Å²) in [7, 11) is 1.62. The Morgan fingerprint density at radius 1 is 0.973 bits per heavy atom. The molecule has 186 valence electrons. The van der Waals surface area contributed by atoms with Crippen molar-refractivity contribution in [3.63, 3.8) is 0 Å². The summed E-state index contributed by atoms with van der Waals surface area (Å²) in [4.78, 5) is 25.8. The van der Waals surface area contributed by atoms with E-state index in [0.717, 1.165) is 28.3 Å². The van der Waals surface area contributed by atoms with Gasteiger partial charge >= 0.3 is 0 Å². The van der Waals surface area contributed by atoms with Crippen molar-refractivity contribution in [2.75, 3.05) is 12.4 Å². The van der Waals surface area contributed by atoms with Crippen LogP contribution in [0.25, 0.3) is 5.69 Å². The number of hydrogen-bond donors (Lipinski definition) is 1. The van der Waals surface area contributed by atoms with E-state index >= 15 is 0 Å². The fourth-order valence-electron chi connectivity index (χ4n) is 4.17. The van der Waals surface area contributed by atoms with E-state index in [-0.39, 0.29) is 30.7 Å². The van der Waals surface area contributed by atoms with E-state index in [4.69, 9.17) is 4.74 Å². The molecule has 0 radical (unpaired) electrons. The van der Waals surface area contributed by atoms with Gasteiger partial charge in [0.2, 0.25) is 11.8 Å². The second kappa shape index (κ2) is 10.8. The number of amides is 2. The molecule has 0 saturated heterocycles. The van der Waals surface area contributed by atoms with E-state index < -0.39 is 0 Å². The van der Waals surface area contributed by atoms with Crippen LogP contribution in [0.1, 0.15) is 36.4 Å². The Kier molecular flexibility index (Phi) is 6.98. The molecule has 1 aromatic heterocycles. The summed E-state index contributed by atoms with van der Waals surface area (Å²) in [5.41, 5.74) is 4.15.